The van der Waals surface area contributed by atoms with E-state index in [1.807, 2.05) is 0 Å². The summed E-state index contributed by atoms with van der Waals surface area (Å²) < 4.78 is 0. The molecule has 1 aliphatic rings. The van der Waals surface area contributed by atoms with Crippen molar-refractivity contribution in [3.05, 3.63) is 0 Å². The molecule has 1 saturated carbocycles. The molecule has 0 heterocycles. The van der Waals surface area contributed by atoms with Crippen LogP contribution in [0.4, 0.5) is 0 Å². The summed E-state index contributed by atoms with van der Waals surface area (Å²) in [6, 6.07) is 0. The van der Waals surface area contributed by atoms with Crippen LogP contribution in [0.2, 0.25) is 0 Å². The largest absolute Gasteiger partial charge is 0.393 e. The Morgan fingerprint density at radius 3 is 2.58 bits per heavy atom. The van der Waals surface area contributed by atoms with Gasteiger partial charge in [-0.25, -0.2) is 0 Å². The molecule has 1 fully saturated rings. The quantitative estimate of drug-likeness (QED) is 0.710. The molecule has 0 bridgehead atoms. The monoisotopic (exact) mass is 269 g/mol. The average Bonchev–Trinajstić information content (AvgIpc) is 2.78. The fraction of sp³-hybridized carbons (Fsp3) is 0.938. The summed E-state index contributed by atoms with van der Waals surface area (Å²) in [5.41, 5.74) is -0.0325. The summed E-state index contributed by atoms with van der Waals surface area (Å²) in [6.45, 7) is 6.61. The standard InChI is InChI=1S/C16H31NO2/c1-13(18)11-16(2,3)12-17-15(19)10-6-9-14-7-4-5-8-14/h13-14,18H,4-12H2,1-3H3,(H,17,19). The van der Waals surface area contributed by atoms with E-state index in [4.69, 9.17) is 0 Å². The topological polar surface area (TPSA) is 49.3 Å². The third-order valence-electron chi connectivity index (χ3n) is 4.10. The molecule has 19 heavy (non-hydrogen) atoms. The van der Waals surface area contributed by atoms with E-state index in [1.165, 1.54) is 32.1 Å². The molecule has 1 atom stereocenters. The molecular weight excluding hydrogens is 238 g/mol. The maximum absolute atomic E-state index is 11.8. The molecule has 3 heteroatoms. The minimum Gasteiger partial charge on any atom is -0.393 e. The van der Waals surface area contributed by atoms with Crippen molar-refractivity contribution in [2.75, 3.05) is 6.54 Å². The van der Waals surface area contributed by atoms with E-state index >= 15 is 0 Å². The van der Waals surface area contributed by atoms with E-state index in [2.05, 4.69) is 19.2 Å². The number of amides is 1. The van der Waals surface area contributed by atoms with Crippen molar-refractivity contribution in [2.24, 2.45) is 11.3 Å². The van der Waals surface area contributed by atoms with Crippen LogP contribution in [0.25, 0.3) is 0 Å². The van der Waals surface area contributed by atoms with Crippen LogP contribution in [0.1, 0.15) is 72.1 Å². The molecule has 0 aliphatic heterocycles. The van der Waals surface area contributed by atoms with E-state index < -0.39 is 0 Å². The summed E-state index contributed by atoms with van der Waals surface area (Å²) in [5, 5.41) is 12.4. The molecule has 0 aromatic carbocycles. The van der Waals surface area contributed by atoms with E-state index in [1.54, 1.807) is 6.92 Å². The van der Waals surface area contributed by atoms with Gasteiger partial charge in [-0.2, -0.15) is 0 Å². The second-order valence-electron chi connectivity index (χ2n) is 7.04. The van der Waals surface area contributed by atoms with E-state index in [9.17, 15) is 9.90 Å². The maximum Gasteiger partial charge on any atom is 0.220 e. The lowest BCUT2D eigenvalue weighted by Crippen LogP contribution is -2.35. The third-order valence-corrected chi connectivity index (χ3v) is 4.10. The van der Waals surface area contributed by atoms with Crippen LogP contribution in [-0.4, -0.2) is 23.7 Å². The van der Waals surface area contributed by atoms with Gasteiger partial charge in [-0.15, -0.1) is 0 Å². The SMILES string of the molecule is CC(O)CC(C)(C)CNC(=O)CCCC1CCCC1. The molecule has 1 amide bonds. The van der Waals surface area contributed by atoms with Gasteiger partial charge in [0.05, 0.1) is 6.10 Å². The summed E-state index contributed by atoms with van der Waals surface area (Å²) in [7, 11) is 0. The molecule has 0 aromatic rings. The van der Waals surface area contributed by atoms with Crippen LogP contribution >= 0.6 is 0 Å². The molecule has 1 unspecified atom stereocenters. The van der Waals surface area contributed by atoms with Gasteiger partial charge in [0.1, 0.15) is 0 Å². The minimum absolute atomic E-state index is 0.0325. The van der Waals surface area contributed by atoms with Crippen molar-refractivity contribution in [1.29, 1.82) is 0 Å². The molecule has 0 spiro atoms. The summed E-state index contributed by atoms with van der Waals surface area (Å²) >= 11 is 0. The minimum atomic E-state index is -0.311. The van der Waals surface area contributed by atoms with E-state index in [0.717, 1.165) is 18.8 Å². The van der Waals surface area contributed by atoms with Crippen molar-refractivity contribution in [3.8, 4) is 0 Å². The molecule has 2 N–H and O–H groups in total. The van der Waals surface area contributed by atoms with Gasteiger partial charge in [0, 0.05) is 13.0 Å². The first-order chi connectivity index (χ1) is 8.89. The van der Waals surface area contributed by atoms with Crippen LogP contribution < -0.4 is 5.32 Å². The van der Waals surface area contributed by atoms with Gasteiger partial charge in [-0.3, -0.25) is 4.79 Å². The van der Waals surface area contributed by atoms with Gasteiger partial charge in [0.15, 0.2) is 0 Å². The summed E-state index contributed by atoms with van der Waals surface area (Å²) in [5.74, 6) is 1.04. The van der Waals surface area contributed by atoms with E-state index in [-0.39, 0.29) is 17.4 Å². The first-order valence-electron chi connectivity index (χ1n) is 7.84. The maximum atomic E-state index is 11.8. The molecule has 1 rings (SSSR count). The second kappa shape index (κ2) is 7.88. The smallest absolute Gasteiger partial charge is 0.220 e. The molecule has 3 nitrogen and oxygen atoms in total. The first-order valence-corrected chi connectivity index (χ1v) is 7.84. The number of aliphatic hydroxyl groups excluding tert-OH is 1. The first kappa shape index (κ1) is 16.5. The molecule has 0 saturated heterocycles. The lowest BCUT2D eigenvalue weighted by atomic mass is 9.87. The predicted octanol–water partition coefficient (Wildman–Crippen LogP) is 3.26. The number of carbonyl (C=O) groups is 1. The number of aliphatic hydroxyl groups is 1. The zero-order valence-electron chi connectivity index (χ0n) is 12.9. The second-order valence-corrected chi connectivity index (χ2v) is 7.04. The molecule has 112 valence electrons. The van der Waals surface area contributed by atoms with Crippen molar-refractivity contribution in [2.45, 2.75) is 78.2 Å². The van der Waals surface area contributed by atoms with Crippen LogP contribution in [0.15, 0.2) is 0 Å². The van der Waals surface area contributed by atoms with Crippen molar-refractivity contribution < 1.29 is 9.90 Å². The number of rotatable bonds is 8. The Morgan fingerprint density at radius 1 is 1.37 bits per heavy atom. The Hall–Kier alpha value is -0.570. The van der Waals surface area contributed by atoms with Gasteiger partial charge >= 0.3 is 0 Å². The Balaban J connectivity index is 2.09. The average molecular weight is 269 g/mol. The van der Waals surface area contributed by atoms with Crippen molar-refractivity contribution in [1.82, 2.24) is 5.32 Å². The predicted molar refractivity (Wildman–Crippen MR) is 78.9 cm³/mol. The highest BCUT2D eigenvalue weighted by atomic mass is 16.3. The van der Waals surface area contributed by atoms with Crippen LogP contribution in [0, 0.1) is 11.3 Å². The number of hydrogen-bond donors (Lipinski definition) is 2. The Kier molecular flexibility index (Phi) is 6.84. The third kappa shape index (κ3) is 7.56. The zero-order valence-corrected chi connectivity index (χ0v) is 12.9. The number of hydrogen-bond acceptors (Lipinski definition) is 2. The van der Waals surface area contributed by atoms with Gasteiger partial charge in [0.25, 0.3) is 0 Å². The Bertz CT molecular complexity index is 268. The highest BCUT2D eigenvalue weighted by Crippen LogP contribution is 2.28. The molecular formula is C16H31NO2. The fourth-order valence-electron chi connectivity index (χ4n) is 3.15. The highest BCUT2D eigenvalue weighted by molar-refractivity contribution is 5.75. The van der Waals surface area contributed by atoms with Crippen LogP contribution in [0.3, 0.4) is 0 Å². The van der Waals surface area contributed by atoms with Crippen LogP contribution in [-0.2, 0) is 4.79 Å². The normalized spacial score (nSPS) is 18.5. The lowest BCUT2D eigenvalue weighted by Gasteiger charge is -2.26. The van der Waals surface area contributed by atoms with Gasteiger partial charge in [-0.05, 0) is 37.5 Å². The summed E-state index contributed by atoms with van der Waals surface area (Å²) in [6.07, 6.45) is 8.78. The Labute approximate surface area is 118 Å². The van der Waals surface area contributed by atoms with Gasteiger partial charge in [-0.1, -0.05) is 39.5 Å². The highest BCUT2D eigenvalue weighted by Gasteiger charge is 2.21. The molecule has 0 radical (unpaired) electrons. The summed E-state index contributed by atoms with van der Waals surface area (Å²) in [4.78, 5) is 11.8. The number of nitrogens with one attached hydrogen (secondary N) is 1. The van der Waals surface area contributed by atoms with Gasteiger partial charge in [0.2, 0.25) is 5.91 Å². The zero-order chi connectivity index (χ0) is 14.3. The fourth-order valence-corrected chi connectivity index (χ4v) is 3.15. The lowest BCUT2D eigenvalue weighted by molar-refractivity contribution is -0.121. The Morgan fingerprint density at radius 2 is 2.00 bits per heavy atom. The van der Waals surface area contributed by atoms with Gasteiger partial charge < -0.3 is 10.4 Å². The number of carbonyl (C=O) groups excluding carboxylic acids is 1. The van der Waals surface area contributed by atoms with Crippen molar-refractivity contribution >= 4 is 5.91 Å². The molecule has 1 aliphatic carbocycles. The van der Waals surface area contributed by atoms with E-state index in [0.29, 0.717) is 13.0 Å². The molecule has 0 aromatic heterocycles. The van der Waals surface area contributed by atoms with Crippen LogP contribution in [0.5, 0.6) is 0 Å². The van der Waals surface area contributed by atoms with Crippen molar-refractivity contribution in [3.63, 3.8) is 0 Å².